The number of nitro benzene ring substituents is 1. The van der Waals surface area contributed by atoms with E-state index in [1.165, 1.54) is 18.2 Å². The third kappa shape index (κ3) is 5.66. The smallest absolute Gasteiger partial charge is 0.293 e. The van der Waals surface area contributed by atoms with Crippen LogP contribution in [0.15, 0.2) is 42.5 Å². The summed E-state index contributed by atoms with van der Waals surface area (Å²) in [5.41, 5.74) is 1.66. The third-order valence-electron chi connectivity index (χ3n) is 6.33. The Hall–Kier alpha value is -3.04. The van der Waals surface area contributed by atoms with Crippen LogP contribution in [0.4, 0.5) is 15.8 Å². The van der Waals surface area contributed by atoms with Gasteiger partial charge in [0.15, 0.2) is 0 Å². The molecule has 0 aliphatic carbocycles. The number of anilines is 1. The van der Waals surface area contributed by atoms with Gasteiger partial charge in [-0.25, -0.2) is 4.39 Å². The molecule has 2 heterocycles. The fraction of sp³-hybridized carbons (Fsp3) is 0.458. The van der Waals surface area contributed by atoms with Crippen LogP contribution in [0.2, 0.25) is 0 Å². The monoisotopic (exact) mass is 456 g/mol. The molecule has 2 aromatic carbocycles. The maximum Gasteiger partial charge on any atom is 0.293 e. The van der Waals surface area contributed by atoms with Crippen LogP contribution in [0.1, 0.15) is 41.2 Å². The lowest BCUT2D eigenvalue weighted by molar-refractivity contribution is -0.384. The van der Waals surface area contributed by atoms with E-state index in [9.17, 15) is 19.3 Å². The number of carbonyl (C=O) groups excluding carboxylic acids is 1. The molecule has 33 heavy (non-hydrogen) atoms. The average Bonchev–Trinajstić information content (AvgIpc) is 2.86. The van der Waals surface area contributed by atoms with E-state index in [2.05, 4.69) is 10.2 Å². The molecule has 4 rings (SSSR count). The van der Waals surface area contributed by atoms with Crippen molar-refractivity contribution < 1.29 is 18.8 Å². The normalized spacial score (nSPS) is 18.0. The first-order valence-corrected chi connectivity index (χ1v) is 11.4. The van der Waals surface area contributed by atoms with Gasteiger partial charge in [-0.1, -0.05) is 12.1 Å². The molecule has 176 valence electrons. The number of hydrogen-bond acceptors (Lipinski definition) is 6. The molecule has 1 N–H and O–H groups in total. The largest absolute Gasteiger partial charge is 0.379 e. The number of halogens is 1. The van der Waals surface area contributed by atoms with E-state index in [0.29, 0.717) is 38.5 Å². The van der Waals surface area contributed by atoms with Gasteiger partial charge in [-0.15, -0.1) is 0 Å². The van der Waals surface area contributed by atoms with Crippen LogP contribution in [0.3, 0.4) is 0 Å². The molecule has 8 nitrogen and oxygen atoms in total. The predicted octanol–water partition coefficient (Wildman–Crippen LogP) is 3.53. The van der Waals surface area contributed by atoms with Crippen molar-refractivity contribution in [2.24, 2.45) is 0 Å². The number of nitrogens with one attached hydrogen (secondary N) is 1. The standard InChI is InChI=1S/C24H29FN4O4/c25-20-7-4-18(5-8-20)23(28-12-14-33-15-13-28)17-26-24(30)19-6-9-21(22(16-19)29(31)32)27-10-2-1-3-11-27/h4-9,16,23H,1-3,10-15,17H2,(H,26,30). The number of amides is 1. The zero-order chi connectivity index (χ0) is 23.2. The number of benzene rings is 2. The van der Waals surface area contributed by atoms with Crippen molar-refractivity contribution in [3.63, 3.8) is 0 Å². The molecule has 0 aromatic heterocycles. The van der Waals surface area contributed by atoms with Crippen LogP contribution in [0.25, 0.3) is 0 Å². The van der Waals surface area contributed by atoms with Crippen LogP contribution < -0.4 is 10.2 Å². The van der Waals surface area contributed by atoms with Crippen molar-refractivity contribution in [1.29, 1.82) is 0 Å². The molecule has 0 radical (unpaired) electrons. The zero-order valence-electron chi connectivity index (χ0n) is 18.5. The van der Waals surface area contributed by atoms with Crippen LogP contribution in [-0.4, -0.2) is 61.7 Å². The van der Waals surface area contributed by atoms with Crippen LogP contribution >= 0.6 is 0 Å². The maximum atomic E-state index is 13.4. The number of carbonyl (C=O) groups is 1. The molecule has 2 aliphatic heterocycles. The molecule has 9 heteroatoms. The maximum absolute atomic E-state index is 13.4. The minimum atomic E-state index is -0.421. The van der Waals surface area contributed by atoms with Crippen LogP contribution in [0, 0.1) is 15.9 Å². The second kappa shape index (κ2) is 10.7. The van der Waals surface area contributed by atoms with Crippen LogP contribution in [0.5, 0.6) is 0 Å². The van der Waals surface area contributed by atoms with E-state index in [4.69, 9.17) is 4.74 Å². The van der Waals surface area contributed by atoms with Crippen molar-refractivity contribution in [2.75, 3.05) is 50.8 Å². The average molecular weight is 457 g/mol. The number of ether oxygens (including phenoxy) is 1. The van der Waals surface area contributed by atoms with Gasteiger partial charge in [-0.05, 0) is 49.1 Å². The van der Waals surface area contributed by atoms with Gasteiger partial charge in [0.25, 0.3) is 11.6 Å². The quantitative estimate of drug-likeness (QED) is 0.507. The molecule has 0 bridgehead atoms. The highest BCUT2D eigenvalue weighted by Crippen LogP contribution is 2.31. The van der Waals surface area contributed by atoms with Gasteiger partial charge in [0.2, 0.25) is 0 Å². The van der Waals surface area contributed by atoms with Crippen molar-refractivity contribution in [3.05, 3.63) is 69.5 Å². The topological polar surface area (TPSA) is 88.0 Å². The van der Waals surface area contributed by atoms with E-state index in [1.807, 2.05) is 4.90 Å². The summed E-state index contributed by atoms with van der Waals surface area (Å²) in [5.74, 6) is -0.687. The van der Waals surface area contributed by atoms with Crippen molar-refractivity contribution in [1.82, 2.24) is 10.2 Å². The number of nitro groups is 1. The molecule has 0 saturated carbocycles. The minimum Gasteiger partial charge on any atom is -0.379 e. The second-order valence-corrected chi connectivity index (χ2v) is 8.43. The fourth-order valence-corrected chi connectivity index (χ4v) is 4.54. The van der Waals surface area contributed by atoms with Gasteiger partial charge in [0, 0.05) is 44.4 Å². The van der Waals surface area contributed by atoms with E-state index in [1.54, 1.807) is 24.3 Å². The highest BCUT2D eigenvalue weighted by molar-refractivity contribution is 5.95. The molecule has 0 spiro atoms. The Morgan fingerprint density at radius 2 is 1.76 bits per heavy atom. The van der Waals surface area contributed by atoms with E-state index >= 15 is 0 Å². The summed E-state index contributed by atoms with van der Waals surface area (Å²) in [6, 6.07) is 10.8. The molecule has 2 fully saturated rings. The Morgan fingerprint density at radius 3 is 2.42 bits per heavy atom. The Labute approximate surface area is 192 Å². The molecule has 2 aromatic rings. The number of rotatable bonds is 7. The minimum absolute atomic E-state index is 0.0483. The molecule has 1 amide bonds. The Kier molecular flexibility index (Phi) is 7.51. The first-order chi connectivity index (χ1) is 16.0. The number of hydrogen-bond donors (Lipinski definition) is 1. The lowest BCUT2D eigenvalue weighted by Gasteiger charge is -2.35. The highest BCUT2D eigenvalue weighted by Gasteiger charge is 2.26. The summed E-state index contributed by atoms with van der Waals surface area (Å²) in [7, 11) is 0. The number of nitrogens with zero attached hydrogens (tertiary/aromatic N) is 3. The van der Waals surface area contributed by atoms with Crippen molar-refractivity contribution in [2.45, 2.75) is 25.3 Å². The SMILES string of the molecule is O=C(NCC(c1ccc(F)cc1)N1CCOCC1)c1ccc(N2CCCCC2)c([N+](=O)[O-])c1. The van der Waals surface area contributed by atoms with Crippen LogP contribution in [-0.2, 0) is 4.74 Å². The lowest BCUT2D eigenvalue weighted by Crippen LogP contribution is -2.43. The Balaban J connectivity index is 1.50. The third-order valence-corrected chi connectivity index (χ3v) is 6.33. The van der Waals surface area contributed by atoms with Crippen molar-refractivity contribution >= 4 is 17.3 Å². The van der Waals surface area contributed by atoms with Gasteiger partial charge < -0.3 is 15.0 Å². The summed E-state index contributed by atoms with van der Waals surface area (Å²) in [6.07, 6.45) is 3.14. The second-order valence-electron chi connectivity index (χ2n) is 8.43. The zero-order valence-corrected chi connectivity index (χ0v) is 18.5. The molecule has 1 atom stereocenters. The Bertz CT molecular complexity index is 973. The van der Waals surface area contributed by atoms with Gasteiger partial charge in [0.05, 0.1) is 24.2 Å². The first kappa shape index (κ1) is 23.1. The molecular formula is C24H29FN4O4. The summed E-state index contributed by atoms with van der Waals surface area (Å²) in [4.78, 5) is 28.4. The number of morpholine rings is 1. The van der Waals surface area contributed by atoms with E-state index in [0.717, 1.165) is 37.9 Å². The van der Waals surface area contributed by atoms with Gasteiger partial charge >= 0.3 is 0 Å². The highest BCUT2D eigenvalue weighted by atomic mass is 19.1. The summed E-state index contributed by atoms with van der Waals surface area (Å²) in [6.45, 7) is 4.45. The first-order valence-electron chi connectivity index (χ1n) is 11.4. The molecule has 2 aliphatic rings. The van der Waals surface area contributed by atoms with Gasteiger partial charge in [-0.3, -0.25) is 19.8 Å². The summed E-state index contributed by atoms with van der Waals surface area (Å²) in [5, 5.41) is 14.6. The summed E-state index contributed by atoms with van der Waals surface area (Å²) >= 11 is 0. The fourth-order valence-electron chi connectivity index (χ4n) is 4.54. The molecular weight excluding hydrogens is 427 g/mol. The lowest BCUT2D eigenvalue weighted by atomic mass is 10.0. The van der Waals surface area contributed by atoms with Crippen molar-refractivity contribution in [3.8, 4) is 0 Å². The molecule has 1 unspecified atom stereocenters. The van der Waals surface area contributed by atoms with E-state index in [-0.39, 0.29) is 29.0 Å². The summed E-state index contributed by atoms with van der Waals surface area (Å²) < 4.78 is 18.9. The van der Waals surface area contributed by atoms with E-state index < -0.39 is 4.92 Å². The predicted molar refractivity (Wildman–Crippen MR) is 123 cm³/mol. The van der Waals surface area contributed by atoms with Gasteiger partial charge in [0.1, 0.15) is 11.5 Å². The number of piperidine rings is 1. The Morgan fingerprint density at radius 1 is 1.06 bits per heavy atom. The van der Waals surface area contributed by atoms with Gasteiger partial charge in [-0.2, -0.15) is 0 Å². The molecule has 2 saturated heterocycles.